The number of anilines is 1. The van der Waals surface area contributed by atoms with Gasteiger partial charge in [-0.2, -0.15) is 0 Å². The minimum Gasteiger partial charge on any atom is -0.492 e. The molecule has 1 aromatic carbocycles. The van der Waals surface area contributed by atoms with Crippen molar-refractivity contribution in [2.75, 3.05) is 11.9 Å². The molecule has 0 aliphatic heterocycles. The molecule has 0 fully saturated rings. The van der Waals surface area contributed by atoms with Crippen molar-refractivity contribution in [3.8, 4) is 5.75 Å². The molecular weight excluding hydrogens is 272 g/mol. The molecule has 0 spiro atoms. The molecule has 0 aliphatic rings. The van der Waals surface area contributed by atoms with Crippen molar-refractivity contribution in [3.63, 3.8) is 0 Å². The number of para-hydroxylation sites is 2. The Morgan fingerprint density at radius 2 is 2.00 bits per heavy atom. The van der Waals surface area contributed by atoms with Crippen LogP contribution in [0.4, 0.5) is 5.69 Å². The van der Waals surface area contributed by atoms with E-state index in [1.54, 1.807) is 24.3 Å². The van der Waals surface area contributed by atoms with E-state index in [1.165, 1.54) is 12.1 Å². The molecule has 0 atom stereocenters. The number of benzene rings is 1. The average molecular weight is 286 g/mol. The summed E-state index contributed by atoms with van der Waals surface area (Å²) in [4.78, 5) is 26.6. The van der Waals surface area contributed by atoms with Crippen LogP contribution in [0.5, 0.6) is 5.75 Å². The summed E-state index contributed by atoms with van der Waals surface area (Å²) in [5, 5.41) is 11.5. The second-order valence-corrected chi connectivity index (χ2v) is 4.12. The van der Waals surface area contributed by atoms with Crippen molar-refractivity contribution in [3.05, 3.63) is 53.9 Å². The molecule has 21 heavy (non-hydrogen) atoms. The van der Waals surface area contributed by atoms with Crippen LogP contribution in [0.3, 0.4) is 0 Å². The zero-order valence-corrected chi connectivity index (χ0v) is 11.4. The lowest BCUT2D eigenvalue weighted by atomic mass is 10.2. The summed E-state index contributed by atoms with van der Waals surface area (Å²) in [6.07, 6.45) is 1.14. The van der Waals surface area contributed by atoms with Crippen LogP contribution in [-0.4, -0.2) is 28.6 Å². The first kappa shape index (κ1) is 14.5. The quantitative estimate of drug-likeness (QED) is 0.881. The molecule has 2 rings (SSSR count). The predicted octanol–water partition coefficient (Wildman–Crippen LogP) is 2.43. The highest BCUT2D eigenvalue weighted by molar-refractivity contribution is 6.04. The van der Waals surface area contributed by atoms with Gasteiger partial charge in [0.2, 0.25) is 0 Å². The second-order valence-electron chi connectivity index (χ2n) is 4.12. The third kappa shape index (κ3) is 3.56. The number of carbonyl (C=O) groups is 2. The van der Waals surface area contributed by atoms with Crippen molar-refractivity contribution in [1.82, 2.24) is 4.98 Å². The first-order chi connectivity index (χ1) is 10.1. The fourth-order valence-electron chi connectivity index (χ4n) is 1.69. The van der Waals surface area contributed by atoms with Crippen LogP contribution in [0.25, 0.3) is 0 Å². The number of rotatable bonds is 5. The molecule has 1 aromatic heterocycles. The predicted molar refractivity (Wildman–Crippen MR) is 76.8 cm³/mol. The van der Waals surface area contributed by atoms with Gasteiger partial charge in [-0.3, -0.25) is 9.78 Å². The van der Waals surface area contributed by atoms with Crippen molar-refractivity contribution in [1.29, 1.82) is 0 Å². The molecule has 0 saturated carbocycles. The number of carbonyl (C=O) groups excluding carboxylic acids is 1. The standard InChI is InChI=1S/C15H14N2O4/c1-2-21-13-6-4-3-5-11(13)17-14(18)12-8-7-10(9-16-12)15(19)20/h3-9H,2H2,1H3,(H,17,18)(H,19,20). The number of aromatic nitrogens is 1. The number of ether oxygens (including phenoxy) is 1. The Kier molecular flexibility index (Phi) is 4.50. The Labute approximate surface area is 121 Å². The summed E-state index contributed by atoms with van der Waals surface area (Å²) < 4.78 is 5.41. The maximum atomic E-state index is 12.1. The minimum absolute atomic E-state index is 0.0290. The first-order valence-corrected chi connectivity index (χ1v) is 6.34. The maximum absolute atomic E-state index is 12.1. The summed E-state index contributed by atoms with van der Waals surface area (Å²) in [5.41, 5.74) is 0.695. The number of aromatic carboxylic acids is 1. The summed E-state index contributed by atoms with van der Waals surface area (Å²) in [6, 6.07) is 9.75. The highest BCUT2D eigenvalue weighted by Crippen LogP contribution is 2.24. The SMILES string of the molecule is CCOc1ccccc1NC(=O)c1ccc(C(=O)O)cn1. The van der Waals surface area contributed by atoms with Gasteiger partial charge in [0.25, 0.3) is 5.91 Å². The monoisotopic (exact) mass is 286 g/mol. The average Bonchev–Trinajstić information content (AvgIpc) is 2.49. The normalized spacial score (nSPS) is 9.95. The number of hydrogen-bond acceptors (Lipinski definition) is 4. The molecule has 108 valence electrons. The van der Waals surface area contributed by atoms with E-state index in [1.807, 2.05) is 6.92 Å². The molecule has 6 nitrogen and oxygen atoms in total. The van der Waals surface area contributed by atoms with E-state index in [0.717, 1.165) is 6.20 Å². The Balaban J connectivity index is 2.16. The van der Waals surface area contributed by atoms with Gasteiger partial charge >= 0.3 is 5.97 Å². The van der Waals surface area contributed by atoms with Gasteiger partial charge in [0.05, 0.1) is 17.9 Å². The van der Waals surface area contributed by atoms with Crippen LogP contribution < -0.4 is 10.1 Å². The number of carboxylic acids is 1. The largest absolute Gasteiger partial charge is 0.492 e. The summed E-state index contributed by atoms with van der Waals surface area (Å²) in [6.45, 7) is 2.34. The van der Waals surface area contributed by atoms with Gasteiger partial charge in [-0.25, -0.2) is 4.79 Å². The van der Waals surface area contributed by atoms with E-state index in [0.29, 0.717) is 18.0 Å². The number of nitrogens with one attached hydrogen (secondary N) is 1. The Hall–Kier alpha value is -2.89. The fourth-order valence-corrected chi connectivity index (χ4v) is 1.69. The Morgan fingerprint density at radius 1 is 1.24 bits per heavy atom. The summed E-state index contributed by atoms with van der Waals surface area (Å²) in [7, 11) is 0. The van der Waals surface area contributed by atoms with E-state index in [9.17, 15) is 9.59 Å². The molecule has 2 aromatic rings. The molecule has 1 heterocycles. The third-order valence-electron chi connectivity index (χ3n) is 2.68. The molecular formula is C15H14N2O4. The molecule has 0 unspecified atom stereocenters. The number of nitrogens with zero attached hydrogens (tertiary/aromatic N) is 1. The van der Waals surface area contributed by atoms with Gasteiger partial charge < -0.3 is 15.2 Å². The lowest BCUT2D eigenvalue weighted by molar-refractivity contribution is 0.0696. The number of hydrogen-bond donors (Lipinski definition) is 2. The lowest BCUT2D eigenvalue weighted by Crippen LogP contribution is -2.15. The van der Waals surface area contributed by atoms with Gasteiger partial charge in [0, 0.05) is 6.20 Å². The zero-order chi connectivity index (χ0) is 15.2. The van der Waals surface area contributed by atoms with Crippen LogP contribution in [-0.2, 0) is 0 Å². The van der Waals surface area contributed by atoms with Gasteiger partial charge in [0.15, 0.2) is 0 Å². The van der Waals surface area contributed by atoms with Crippen molar-refractivity contribution < 1.29 is 19.4 Å². The van der Waals surface area contributed by atoms with Crippen LogP contribution in [0.1, 0.15) is 27.8 Å². The second kappa shape index (κ2) is 6.51. The topological polar surface area (TPSA) is 88.5 Å². The molecule has 0 bridgehead atoms. The third-order valence-corrected chi connectivity index (χ3v) is 2.68. The summed E-state index contributed by atoms with van der Waals surface area (Å²) >= 11 is 0. The Morgan fingerprint density at radius 3 is 2.62 bits per heavy atom. The molecule has 0 radical (unpaired) electrons. The first-order valence-electron chi connectivity index (χ1n) is 6.34. The van der Waals surface area contributed by atoms with Crippen molar-refractivity contribution in [2.24, 2.45) is 0 Å². The van der Waals surface area contributed by atoms with Crippen LogP contribution in [0.2, 0.25) is 0 Å². The highest BCUT2D eigenvalue weighted by atomic mass is 16.5. The fraction of sp³-hybridized carbons (Fsp3) is 0.133. The van der Waals surface area contributed by atoms with Crippen LogP contribution in [0, 0.1) is 0 Å². The van der Waals surface area contributed by atoms with Gasteiger partial charge in [-0.1, -0.05) is 12.1 Å². The smallest absolute Gasteiger partial charge is 0.337 e. The molecule has 1 amide bonds. The molecule has 0 aliphatic carbocycles. The Bertz CT molecular complexity index is 653. The van der Waals surface area contributed by atoms with Gasteiger partial charge in [-0.05, 0) is 31.2 Å². The maximum Gasteiger partial charge on any atom is 0.337 e. The zero-order valence-electron chi connectivity index (χ0n) is 11.4. The van der Waals surface area contributed by atoms with E-state index in [-0.39, 0.29) is 11.3 Å². The highest BCUT2D eigenvalue weighted by Gasteiger charge is 2.12. The van der Waals surface area contributed by atoms with Crippen molar-refractivity contribution in [2.45, 2.75) is 6.92 Å². The molecule has 0 saturated heterocycles. The van der Waals surface area contributed by atoms with E-state index >= 15 is 0 Å². The minimum atomic E-state index is -1.09. The van der Waals surface area contributed by atoms with Gasteiger partial charge in [0.1, 0.15) is 11.4 Å². The number of amides is 1. The van der Waals surface area contributed by atoms with Crippen molar-refractivity contribution >= 4 is 17.6 Å². The van der Waals surface area contributed by atoms with Gasteiger partial charge in [-0.15, -0.1) is 0 Å². The van der Waals surface area contributed by atoms with E-state index in [2.05, 4.69) is 10.3 Å². The van der Waals surface area contributed by atoms with Crippen LogP contribution in [0.15, 0.2) is 42.6 Å². The van der Waals surface area contributed by atoms with E-state index in [4.69, 9.17) is 9.84 Å². The van der Waals surface area contributed by atoms with E-state index < -0.39 is 11.9 Å². The summed E-state index contributed by atoms with van der Waals surface area (Å²) in [5.74, 6) is -0.953. The van der Waals surface area contributed by atoms with Crippen LogP contribution >= 0.6 is 0 Å². The number of pyridine rings is 1. The molecule has 6 heteroatoms. The lowest BCUT2D eigenvalue weighted by Gasteiger charge is -2.10. The molecule has 2 N–H and O–H groups in total. The number of carboxylic acid groups (broad SMARTS) is 1.